The molecule has 172 valence electrons. The van der Waals surface area contributed by atoms with Gasteiger partial charge in [-0.1, -0.05) is 6.07 Å². The van der Waals surface area contributed by atoms with Crippen molar-refractivity contribution in [2.75, 3.05) is 36.5 Å². The van der Waals surface area contributed by atoms with Gasteiger partial charge in [-0.2, -0.15) is 4.98 Å². The number of oxazole rings is 1. The molecule has 5 rings (SSSR count). The molecule has 0 atom stereocenters. The number of aryl methyl sites for hydroxylation is 1. The predicted octanol–water partition coefficient (Wildman–Crippen LogP) is 4.20. The molecule has 0 unspecified atom stereocenters. The number of hydrogen-bond acceptors (Lipinski definition) is 8. The summed E-state index contributed by atoms with van der Waals surface area (Å²) in [6.07, 6.45) is 1.64. The van der Waals surface area contributed by atoms with E-state index in [1.807, 2.05) is 24.0 Å². The smallest absolute Gasteiger partial charge is 0.293 e. The first-order chi connectivity index (χ1) is 16.5. The number of hydrogen-bond donors (Lipinski definition) is 1. The second-order valence-corrected chi connectivity index (χ2v) is 7.89. The van der Waals surface area contributed by atoms with Crippen LogP contribution >= 0.6 is 0 Å². The van der Waals surface area contributed by atoms with Gasteiger partial charge in [0.05, 0.1) is 18.1 Å². The van der Waals surface area contributed by atoms with Gasteiger partial charge < -0.3 is 19.4 Å². The highest BCUT2D eigenvalue weighted by atomic mass is 16.6. The Labute approximate surface area is 194 Å². The largest absolute Gasteiger partial charge is 0.434 e. The Morgan fingerprint density at radius 3 is 2.74 bits per heavy atom. The third kappa shape index (κ3) is 4.18. The average molecular weight is 459 g/mol. The fourth-order valence-corrected chi connectivity index (χ4v) is 3.86. The minimum absolute atomic E-state index is 0.112. The minimum Gasteiger partial charge on any atom is -0.434 e. The molecule has 0 radical (unpaired) electrons. The molecule has 1 amide bonds. The van der Waals surface area contributed by atoms with Crippen molar-refractivity contribution < 1.29 is 18.9 Å². The molecule has 0 bridgehead atoms. The van der Waals surface area contributed by atoms with Gasteiger partial charge in [0.2, 0.25) is 5.89 Å². The number of nitrogens with one attached hydrogen (secondary N) is 1. The molecule has 2 aromatic carbocycles. The lowest BCUT2D eigenvalue weighted by molar-refractivity contribution is -0.384. The van der Waals surface area contributed by atoms with Crippen LogP contribution in [0.5, 0.6) is 0 Å². The van der Waals surface area contributed by atoms with Crippen molar-refractivity contribution in [3.05, 3.63) is 76.0 Å². The molecule has 1 fully saturated rings. The molecule has 1 N–H and O–H groups in total. The lowest BCUT2D eigenvalue weighted by atomic mass is 10.1. The fraction of sp³-hybridized carbons (Fsp3) is 0.208. The summed E-state index contributed by atoms with van der Waals surface area (Å²) in [6.45, 7) is 3.99. The zero-order valence-corrected chi connectivity index (χ0v) is 18.4. The van der Waals surface area contributed by atoms with Crippen molar-refractivity contribution in [3.63, 3.8) is 0 Å². The Balaban J connectivity index is 1.42. The van der Waals surface area contributed by atoms with Crippen LogP contribution in [0.2, 0.25) is 0 Å². The number of carbonyl (C=O) groups excluding carboxylic acids is 1. The van der Waals surface area contributed by atoms with Gasteiger partial charge in [-0.3, -0.25) is 14.9 Å². The lowest BCUT2D eigenvalue weighted by Crippen LogP contribution is -2.36. The maximum atomic E-state index is 13.0. The van der Waals surface area contributed by atoms with Crippen LogP contribution in [0.1, 0.15) is 15.9 Å². The SMILES string of the molecule is Cc1ccc(-c2nc3ncccc3o2)cc1NC(=O)c1ccc(N2CCOCC2)c([N+](=O)[O-])c1. The number of morpholine rings is 1. The number of ether oxygens (including phenoxy) is 1. The number of nitro benzene ring substituents is 1. The van der Waals surface area contributed by atoms with E-state index in [1.165, 1.54) is 6.07 Å². The van der Waals surface area contributed by atoms with Gasteiger partial charge in [0.15, 0.2) is 11.2 Å². The number of rotatable bonds is 5. The maximum absolute atomic E-state index is 13.0. The van der Waals surface area contributed by atoms with Crippen molar-refractivity contribution in [2.45, 2.75) is 6.92 Å². The van der Waals surface area contributed by atoms with E-state index in [-0.39, 0.29) is 11.3 Å². The van der Waals surface area contributed by atoms with Crippen LogP contribution in [-0.4, -0.2) is 47.1 Å². The first-order valence-electron chi connectivity index (χ1n) is 10.7. The Hall–Kier alpha value is -4.31. The summed E-state index contributed by atoms with van der Waals surface area (Å²) in [4.78, 5) is 34.7. The molecule has 1 aliphatic rings. The molecule has 1 saturated heterocycles. The lowest BCUT2D eigenvalue weighted by Gasteiger charge is -2.28. The molecule has 0 aliphatic carbocycles. The number of benzene rings is 2. The zero-order valence-electron chi connectivity index (χ0n) is 18.4. The fourth-order valence-electron chi connectivity index (χ4n) is 3.86. The molecule has 0 spiro atoms. The van der Waals surface area contributed by atoms with E-state index in [2.05, 4.69) is 15.3 Å². The summed E-state index contributed by atoms with van der Waals surface area (Å²) < 4.78 is 11.1. The van der Waals surface area contributed by atoms with Gasteiger partial charge >= 0.3 is 0 Å². The van der Waals surface area contributed by atoms with E-state index in [1.54, 1.807) is 36.5 Å². The highest BCUT2D eigenvalue weighted by Gasteiger charge is 2.23. The van der Waals surface area contributed by atoms with E-state index in [0.29, 0.717) is 60.4 Å². The standard InChI is InChI=1S/C24H21N5O5/c1-15-4-5-17(24-27-22-21(34-24)3-2-8-25-22)13-18(15)26-23(30)16-6-7-19(20(14-16)29(31)32)28-9-11-33-12-10-28/h2-8,13-14H,9-12H2,1H3,(H,26,30). The quantitative estimate of drug-likeness (QED) is 0.348. The number of amides is 1. The topological polar surface area (TPSA) is 124 Å². The Morgan fingerprint density at radius 2 is 1.97 bits per heavy atom. The molecule has 1 aliphatic heterocycles. The van der Waals surface area contributed by atoms with Gasteiger partial charge in [0.1, 0.15) is 5.69 Å². The number of anilines is 2. The van der Waals surface area contributed by atoms with Crippen molar-refractivity contribution in [1.29, 1.82) is 0 Å². The van der Waals surface area contributed by atoms with Gasteiger partial charge in [-0.15, -0.1) is 0 Å². The van der Waals surface area contributed by atoms with Crippen LogP contribution in [0, 0.1) is 17.0 Å². The van der Waals surface area contributed by atoms with Crippen molar-refractivity contribution in [1.82, 2.24) is 9.97 Å². The molecule has 10 heteroatoms. The number of fused-ring (bicyclic) bond motifs is 1. The molecule has 4 aromatic rings. The van der Waals surface area contributed by atoms with E-state index >= 15 is 0 Å². The maximum Gasteiger partial charge on any atom is 0.293 e. The van der Waals surface area contributed by atoms with E-state index in [4.69, 9.17) is 9.15 Å². The first-order valence-corrected chi connectivity index (χ1v) is 10.7. The molecule has 0 saturated carbocycles. The number of nitrogens with zero attached hydrogens (tertiary/aromatic N) is 4. The number of pyridine rings is 1. The van der Waals surface area contributed by atoms with Crippen molar-refractivity contribution in [2.24, 2.45) is 0 Å². The van der Waals surface area contributed by atoms with E-state index < -0.39 is 10.8 Å². The zero-order chi connectivity index (χ0) is 23.7. The molecule has 2 aromatic heterocycles. The van der Waals surface area contributed by atoms with Crippen LogP contribution < -0.4 is 10.2 Å². The number of aromatic nitrogens is 2. The summed E-state index contributed by atoms with van der Waals surface area (Å²) >= 11 is 0. The summed E-state index contributed by atoms with van der Waals surface area (Å²) in [6, 6.07) is 13.5. The molecule has 34 heavy (non-hydrogen) atoms. The highest BCUT2D eigenvalue weighted by molar-refractivity contribution is 6.05. The van der Waals surface area contributed by atoms with Crippen LogP contribution in [0.4, 0.5) is 17.1 Å². The average Bonchev–Trinajstić information content (AvgIpc) is 3.30. The van der Waals surface area contributed by atoms with Gasteiger partial charge in [-0.05, 0) is 48.9 Å². The summed E-state index contributed by atoms with van der Waals surface area (Å²) in [5.74, 6) is -0.0641. The van der Waals surface area contributed by atoms with Crippen molar-refractivity contribution in [3.8, 4) is 11.5 Å². The second-order valence-electron chi connectivity index (χ2n) is 7.89. The monoisotopic (exact) mass is 459 g/mol. The third-order valence-corrected chi connectivity index (χ3v) is 5.68. The summed E-state index contributed by atoms with van der Waals surface area (Å²) in [5.41, 5.74) is 3.68. The van der Waals surface area contributed by atoms with Crippen LogP contribution in [0.3, 0.4) is 0 Å². The van der Waals surface area contributed by atoms with E-state index in [9.17, 15) is 14.9 Å². The predicted molar refractivity (Wildman–Crippen MR) is 126 cm³/mol. The molecular formula is C24H21N5O5. The van der Waals surface area contributed by atoms with Gasteiger partial charge in [-0.25, -0.2) is 4.98 Å². The third-order valence-electron chi connectivity index (χ3n) is 5.68. The Morgan fingerprint density at radius 1 is 1.15 bits per heavy atom. The van der Waals surface area contributed by atoms with Crippen LogP contribution in [0.25, 0.3) is 22.7 Å². The second kappa shape index (κ2) is 8.91. The summed E-state index contributed by atoms with van der Waals surface area (Å²) in [7, 11) is 0. The normalized spacial score (nSPS) is 13.7. The van der Waals surface area contributed by atoms with Crippen LogP contribution in [-0.2, 0) is 4.74 Å². The first kappa shape index (κ1) is 21.5. The number of carbonyl (C=O) groups is 1. The van der Waals surface area contributed by atoms with E-state index in [0.717, 1.165) is 5.56 Å². The van der Waals surface area contributed by atoms with Gasteiger partial charge in [0.25, 0.3) is 11.6 Å². The minimum atomic E-state index is -0.464. The molecular weight excluding hydrogens is 438 g/mol. The Kier molecular flexibility index (Phi) is 5.64. The Bertz CT molecular complexity index is 1360. The summed E-state index contributed by atoms with van der Waals surface area (Å²) in [5, 5.41) is 14.6. The molecule has 3 heterocycles. The van der Waals surface area contributed by atoms with Crippen molar-refractivity contribution >= 4 is 34.2 Å². The number of nitro groups is 1. The van der Waals surface area contributed by atoms with Crippen LogP contribution in [0.15, 0.2) is 59.1 Å². The van der Waals surface area contributed by atoms with Gasteiger partial charge in [0, 0.05) is 42.2 Å². The molecule has 10 nitrogen and oxygen atoms in total. The highest BCUT2D eigenvalue weighted by Crippen LogP contribution is 2.31.